The fourth-order valence-electron chi connectivity index (χ4n) is 5.10. The van der Waals surface area contributed by atoms with E-state index in [-0.39, 0.29) is 23.0 Å². The number of amides is 1. The van der Waals surface area contributed by atoms with Crippen LogP contribution in [0.3, 0.4) is 0 Å². The Bertz CT molecular complexity index is 1270. The van der Waals surface area contributed by atoms with Gasteiger partial charge in [0.1, 0.15) is 17.5 Å². The minimum Gasteiger partial charge on any atom is -0.375 e. The summed E-state index contributed by atoms with van der Waals surface area (Å²) in [4.78, 5) is 26.9. The minimum absolute atomic E-state index is 0.0713. The first kappa shape index (κ1) is 26.8. The molecule has 0 bridgehead atoms. The lowest BCUT2D eigenvalue weighted by Crippen LogP contribution is -2.41. The van der Waals surface area contributed by atoms with Gasteiger partial charge < -0.3 is 19.9 Å². The van der Waals surface area contributed by atoms with Crippen molar-refractivity contribution in [1.82, 2.24) is 14.7 Å². The number of anilines is 3. The second-order valence-electron chi connectivity index (χ2n) is 11.2. The maximum absolute atomic E-state index is 13.5. The van der Waals surface area contributed by atoms with Crippen molar-refractivity contribution in [3.05, 3.63) is 35.9 Å². The number of ether oxygens (including phenoxy) is 1. The highest BCUT2D eigenvalue weighted by Gasteiger charge is 2.45. The van der Waals surface area contributed by atoms with Crippen LogP contribution in [0.2, 0.25) is 0 Å². The predicted molar refractivity (Wildman–Crippen MR) is 147 cm³/mol. The minimum atomic E-state index is -3.80. The van der Waals surface area contributed by atoms with E-state index in [4.69, 9.17) is 4.74 Å². The van der Waals surface area contributed by atoms with Gasteiger partial charge in [0.2, 0.25) is 0 Å². The van der Waals surface area contributed by atoms with E-state index in [0.717, 1.165) is 44.8 Å². The van der Waals surface area contributed by atoms with Crippen molar-refractivity contribution in [3.8, 4) is 0 Å². The zero-order valence-corrected chi connectivity index (χ0v) is 23.3. The first-order valence-corrected chi connectivity index (χ1v) is 15.0. The highest BCUT2D eigenvalue weighted by atomic mass is 32.2. The topological polar surface area (TPSA) is 117 Å². The standard InChI is InChI=1S/C27H38N6O4S/c1-19(2)17-28-38(35,36)24-8-7-21(25(31-24)32-13-11-27(9-10-27)12-14-32)26(34)30-22-5-4-6-23(29-22)33-15-16-37-20(3)18-33/h4-8,19-20,28H,9-18H2,1-3H3,(H,29,30,34)/t20-/m1/s1. The van der Waals surface area contributed by atoms with Crippen LogP contribution in [0.1, 0.15) is 56.8 Å². The quantitative estimate of drug-likeness (QED) is 0.522. The van der Waals surface area contributed by atoms with Gasteiger partial charge in [0.15, 0.2) is 5.03 Å². The van der Waals surface area contributed by atoms with Crippen molar-refractivity contribution in [2.45, 2.75) is 57.6 Å². The maximum atomic E-state index is 13.5. The fraction of sp³-hybridized carbons (Fsp3) is 0.593. The zero-order chi connectivity index (χ0) is 26.9. The van der Waals surface area contributed by atoms with Crippen LogP contribution < -0.4 is 19.8 Å². The molecule has 5 rings (SSSR count). The predicted octanol–water partition coefficient (Wildman–Crippen LogP) is 3.27. The molecule has 0 aromatic carbocycles. The third-order valence-electron chi connectivity index (χ3n) is 7.67. The van der Waals surface area contributed by atoms with Gasteiger partial charge in [-0.1, -0.05) is 19.9 Å². The van der Waals surface area contributed by atoms with Crippen LogP contribution in [0, 0.1) is 11.3 Å². The van der Waals surface area contributed by atoms with E-state index < -0.39 is 10.0 Å². The Hall–Kier alpha value is -2.76. The van der Waals surface area contributed by atoms with Gasteiger partial charge in [-0.2, -0.15) is 0 Å². The summed E-state index contributed by atoms with van der Waals surface area (Å²) >= 11 is 0. The lowest BCUT2D eigenvalue weighted by atomic mass is 9.93. The molecule has 2 saturated heterocycles. The maximum Gasteiger partial charge on any atom is 0.260 e. The molecule has 1 aliphatic carbocycles. The molecule has 3 fully saturated rings. The largest absolute Gasteiger partial charge is 0.375 e. The Morgan fingerprint density at radius 1 is 1.08 bits per heavy atom. The van der Waals surface area contributed by atoms with Gasteiger partial charge in [0, 0.05) is 32.7 Å². The number of nitrogens with zero attached hydrogens (tertiary/aromatic N) is 4. The summed E-state index contributed by atoms with van der Waals surface area (Å²) in [6.45, 7) is 9.83. The highest BCUT2D eigenvalue weighted by molar-refractivity contribution is 7.89. The van der Waals surface area contributed by atoms with Crippen molar-refractivity contribution in [3.63, 3.8) is 0 Å². The number of morpholine rings is 1. The Labute approximate surface area is 225 Å². The summed E-state index contributed by atoms with van der Waals surface area (Å²) in [6, 6.07) is 8.52. The number of carbonyl (C=O) groups excluding carboxylic acids is 1. The van der Waals surface area contributed by atoms with Crippen molar-refractivity contribution >= 4 is 33.4 Å². The first-order valence-electron chi connectivity index (χ1n) is 13.5. The zero-order valence-electron chi connectivity index (χ0n) is 22.4. The Morgan fingerprint density at radius 2 is 1.84 bits per heavy atom. The molecule has 38 heavy (non-hydrogen) atoms. The van der Waals surface area contributed by atoms with Crippen LogP contribution in [0.15, 0.2) is 35.4 Å². The second-order valence-corrected chi connectivity index (χ2v) is 12.9. The molecule has 0 unspecified atom stereocenters. The van der Waals surface area contributed by atoms with Gasteiger partial charge in [-0.15, -0.1) is 0 Å². The number of rotatable bonds is 8. The number of hydrogen-bond acceptors (Lipinski definition) is 8. The van der Waals surface area contributed by atoms with Crippen LogP contribution in [0.4, 0.5) is 17.5 Å². The highest BCUT2D eigenvalue weighted by Crippen LogP contribution is 2.54. The van der Waals surface area contributed by atoms with E-state index in [1.165, 1.54) is 18.9 Å². The molecule has 1 saturated carbocycles. The SMILES string of the molecule is CC(C)CNS(=O)(=O)c1ccc(C(=O)Nc2cccc(N3CCO[C@H](C)C3)n2)c(N2CCC3(CC2)CC3)n1. The summed E-state index contributed by atoms with van der Waals surface area (Å²) in [5, 5.41) is 2.84. The van der Waals surface area contributed by atoms with E-state index >= 15 is 0 Å². The summed E-state index contributed by atoms with van der Waals surface area (Å²) in [5.74, 6) is 1.42. The molecule has 3 aliphatic rings. The molecule has 206 valence electrons. The van der Waals surface area contributed by atoms with E-state index in [0.29, 0.717) is 35.8 Å². The normalized spacial score (nSPS) is 21.1. The molecular weight excluding hydrogens is 504 g/mol. The lowest BCUT2D eigenvalue weighted by molar-refractivity contribution is 0.0529. The number of sulfonamides is 1. The molecular formula is C27H38N6O4S. The van der Waals surface area contributed by atoms with Crippen molar-refractivity contribution < 1.29 is 17.9 Å². The smallest absolute Gasteiger partial charge is 0.260 e. The summed E-state index contributed by atoms with van der Waals surface area (Å²) < 4.78 is 34.2. The van der Waals surface area contributed by atoms with Crippen molar-refractivity contribution in [2.75, 3.05) is 54.4 Å². The number of hydrogen-bond donors (Lipinski definition) is 2. The van der Waals surface area contributed by atoms with Crippen molar-refractivity contribution in [1.29, 1.82) is 0 Å². The molecule has 2 aromatic heterocycles. The first-order chi connectivity index (χ1) is 18.1. The molecule has 11 heteroatoms. The third kappa shape index (κ3) is 6.10. The Morgan fingerprint density at radius 3 is 2.53 bits per heavy atom. The van der Waals surface area contributed by atoms with Crippen molar-refractivity contribution in [2.24, 2.45) is 11.3 Å². The van der Waals surface area contributed by atoms with Crippen LogP contribution in [-0.2, 0) is 14.8 Å². The summed E-state index contributed by atoms with van der Waals surface area (Å²) in [7, 11) is -3.80. The molecule has 4 heterocycles. The number of pyridine rings is 2. The van der Waals surface area contributed by atoms with E-state index in [1.807, 2.05) is 32.9 Å². The second kappa shape index (κ2) is 10.8. The van der Waals surface area contributed by atoms with Gasteiger partial charge in [0.25, 0.3) is 15.9 Å². The van der Waals surface area contributed by atoms with E-state index in [1.54, 1.807) is 12.1 Å². The van der Waals surface area contributed by atoms with Gasteiger partial charge >= 0.3 is 0 Å². The van der Waals surface area contributed by atoms with Crippen LogP contribution in [-0.4, -0.2) is 69.7 Å². The van der Waals surface area contributed by atoms with Gasteiger partial charge in [-0.25, -0.2) is 23.1 Å². The summed E-state index contributed by atoms with van der Waals surface area (Å²) in [6.07, 6.45) is 4.67. The lowest BCUT2D eigenvalue weighted by Gasteiger charge is -2.34. The molecule has 0 radical (unpaired) electrons. The Balaban J connectivity index is 1.40. The van der Waals surface area contributed by atoms with Crippen LogP contribution in [0.5, 0.6) is 0 Å². The van der Waals surface area contributed by atoms with E-state index in [2.05, 4.69) is 29.8 Å². The molecule has 1 amide bonds. The molecule has 10 nitrogen and oxygen atoms in total. The molecule has 2 aliphatic heterocycles. The summed E-state index contributed by atoms with van der Waals surface area (Å²) in [5.41, 5.74) is 0.773. The van der Waals surface area contributed by atoms with Gasteiger partial charge in [-0.3, -0.25) is 4.79 Å². The molecule has 2 N–H and O–H groups in total. The van der Waals surface area contributed by atoms with Crippen LogP contribution >= 0.6 is 0 Å². The average molecular weight is 543 g/mol. The average Bonchev–Trinajstić information content (AvgIpc) is 3.66. The fourth-order valence-corrected chi connectivity index (χ4v) is 6.25. The van der Waals surface area contributed by atoms with Gasteiger partial charge in [0.05, 0.1) is 18.3 Å². The number of carbonyl (C=O) groups is 1. The third-order valence-corrected chi connectivity index (χ3v) is 9.00. The van der Waals surface area contributed by atoms with Gasteiger partial charge in [-0.05, 0) is 68.2 Å². The molecule has 1 atom stereocenters. The number of aromatic nitrogens is 2. The Kier molecular flexibility index (Phi) is 7.61. The number of piperidine rings is 1. The molecule has 1 spiro atoms. The monoisotopic (exact) mass is 542 g/mol. The van der Waals surface area contributed by atoms with Crippen LogP contribution in [0.25, 0.3) is 0 Å². The van der Waals surface area contributed by atoms with E-state index in [9.17, 15) is 13.2 Å². The number of nitrogens with one attached hydrogen (secondary N) is 2. The molecule has 2 aromatic rings.